The lowest BCUT2D eigenvalue weighted by molar-refractivity contribution is 0.281. The Morgan fingerprint density at radius 2 is 2.24 bits per heavy atom. The normalized spacial score (nSPS) is 21.4. The molecule has 0 spiro atoms. The number of rotatable bonds is 2. The van der Waals surface area contributed by atoms with Gasteiger partial charge < -0.3 is 10.0 Å². The van der Waals surface area contributed by atoms with Crippen LogP contribution < -0.4 is 4.90 Å². The van der Waals surface area contributed by atoms with Gasteiger partial charge in [-0.05, 0) is 19.8 Å². The van der Waals surface area contributed by atoms with Crippen LogP contribution in [0.5, 0.6) is 0 Å². The number of anilines is 1. The van der Waals surface area contributed by atoms with Crippen LogP contribution >= 0.6 is 11.6 Å². The fraction of sp³-hybridized carbons (Fsp3) is 0.667. The summed E-state index contributed by atoms with van der Waals surface area (Å²) in [6.07, 6.45) is 6.30. The molecule has 1 aromatic heterocycles. The van der Waals surface area contributed by atoms with Crippen LogP contribution in [-0.4, -0.2) is 27.7 Å². The third-order valence-electron chi connectivity index (χ3n) is 3.35. The van der Waals surface area contributed by atoms with E-state index in [1.807, 2.05) is 0 Å². The number of hydrogen-bond acceptors (Lipinski definition) is 4. The maximum absolute atomic E-state index is 9.40. The largest absolute Gasteiger partial charge is 0.391 e. The van der Waals surface area contributed by atoms with Crippen LogP contribution in [0.1, 0.15) is 38.2 Å². The highest BCUT2D eigenvalue weighted by Gasteiger charge is 2.22. The van der Waals surface area contributed by atoms with Gasteiger partial charge in [-0.1, -0.05) is 24.4 Å². The van der Waals surface area contributed by atoms with Crippen molar-refractivity contribution < 1.29 is 5.11 Å². The van der Waals surface area contributed by atoms with Crippen LogP contribution in [0.4, 0.5) is 5.82 Å². The minimum atomic E-state index is -0.113. The van der Waals surface area contributed by atoms with E-state index in [1.54, 1.807) is 0 Å². The molecular weight excluding hydrogens is 238 g/mol. The summed E-state index contributed by atoms with van der Waals surface area (Å²) in [5.74, 6) is 0.793. The quantitative estimate of drug-likeness (QED) is 0.825. The lowest BCUT2D eigenvalue weighted by Crippen LogP contribution is -2.34. The molecule has 2 heterocycles. The predicted octanol–water partition coefficient (Wildman–Crippen LogP) is 2.39. The monoisotopic (exact) mass is 255 g/mol. The maximum Gasteiger partial charge on any atom is 0.140 e. The molecule has 2 rings (SSSR count). The minimum absolute atomic E-state index is 0.113. The average Bonchev–Trinajstić information content (AvgIpc) is 2.53. The molecule has 0 aromatic carbocycles. The van der Waals surface area contributed by atoms with Gasteiger partial charge in [0.05, 0.1) is 12.2 Å². The van der Waals surface area contributed by atoms with E-state index in [2.05, 4.69) is 21.8 Å². The number of hydrogen-bond donors (Lipinski definition) is 1. The van der Waals surface area contributed by atoms with Gasteiger partial charge in [-0.2, -0.15) is 0 Å². The summed E-state index contributed by atoms with van der Waals surface area (Å²) in [6, 6.07) is 0.439. The number of halogens is 1. The molecule has 1 N–H and O–H groups in total. The summed E-state index contributed by atoms with van der Waals surface area (Å²) in [7, 11) is 0. The molecule has 5 heteroatoms. The molecule has 1 atom stereocenters. The zero-order chi connectivity index (χ0) is 12.3. The minimum Gasteiger partial charge on any atom is -0.391 e. The van der Waals surface area contributed by atoms with Gasteiger partial charge in [-0.15, -0.1) is 0 Å². The zero-order valence-corrected chi connectivity index (χ0v) is 10.8. The van der Waals surface area contributed by atoms with E-state index in [0.29, 0.717) is 16.8 Å². The summed E-state index contributed by atoms with van der Waals surface area (Å²) in [6.45, 7) is 3.06. The van der Waals surface area contributed by atoms with Crippen molar-refractivity contribution >= 4 is 17.4 Å². The molecule has 0 aliphatic carbocycles. The molecule has 1 unspecified atom stereocenters. The van der Waals surface area contributed by atoms with Gasteiger partial charge in [-0.25, -0.2) is 9.97 Å². The first-order valence-electron chi connectivity index (χ1n) is 6.11. The second kappa shape index (κ2) is 5.65. The van der Waals surface area contributed by atoms with Gasteiger partial charge in [-0.3, -0.25) is 0 Å². The third-order valence-corrected chi connectivity index (χ3v) is 3.68. The van der Waals surface area contributed by atoms with E-state index in [1.165, 1.54) is 19.2 Å². The Morgan fingerprint density at radius 3 is 3.00 bits per heavy atom. The first-order chi connectivity index (χ1) is 8.24. The van der Waals surface area contributed by atoms with E-state index in [-0.39, 0.29) is 6.61 Å². The van der Waals surface area contributed by atoms with Crippen molar-refractivity contribution in [2.45, 2.75) is 45.3 Å². The summed E-state index contributed by atoms with van der Waals surface area (Å²) in [5, 5.41) is 9.75. The van der Waals surface area contributed by atoms with Crippen molar-refractivity contribution in [1.29, 1.82) is 0 Å². The number of nitrogens with zero attached hydrogens (tertiary/aromatic N) is 3. The van der Waals surface area contributed by atoms with Crippen LogP contribution in [0.2, 0.25) is 5.15 Å². The molecule has 1 aromatic rings. The number of aliphatic hydroxyl groups is 1. The molecule has 0 amide bonds. The first-order valence-corrected chi connectivity index (χ1v) is 6.48. The van der Waals surface area contributed by atoms with Crippen LogP contribution in [-0.2, 0) is 6.61 Å². The zero-order valence-electron chi connectivity index (χ0n) is 10.1. The Bertz CT molecular complexity index is 386. The van der Waals surface area contributed by atoms with Crippen LogP contribution in [0, 0.1) is 0 Å². The molecule has 4 nitrogen and oxygen atoms in total. The van der Waals surface area contributed by atoms with Crippen molar-refractivity contribution in [1.82, 2.24) is 9.97 Å². The van der Waals surface area contributed by atoms with Gasteiger partial charge in [0.25, 0.3) is 0 Å². The van der Waals surface area contributed by atoms with Crippen molar-refractivity contribution in [3.8, 4) is 0 Å². The van der Waals surface area contributed by atoms with Gasteiger partial charge in [0.1, 0.15) is 17.3 Å². The van der Waals surface area contributed by atoms with E-state index in [9.17, 15) is 5.11 Å². The Labute approximate surface area is 107 Å². The van der Waals surface area contributed by atoms with Crippen molar-refractivity contribution in [3.63, 3.8) is 0 Å². The molecule has 1 aliphatic rings. The molecule has 94 valence electrons. The van der Waals surface area contributed by atoms with Crippen molar-refractivity contribution in [3.05, 3.63) is 17.0 Å². The molecular formula is C12H18ClN3O. The highest BCUT2D eigenvalue weighted by Crippen LogP contribution is 2.28. The first kappa shape index (κ1) is 12.6. The Balaban J connectivity index is 2.34. The summed E-state index contributed by atoms with van der Waals surface area (Å²) in [4.78, 5) is 10.5. The maximum atomic E-state index is 9.40. The smallest absolute Gasteiger partial charge is 0.140 e. The molecule has 0 radical (unpaired) electrons. The summed E-state index contributed by atoms with van der Waals surface area (Å²) >= 11 is 6.00. The lowest BCUT2D eigenvalue weighted by atomic mass is 10.1. The second-order valence-electron chi connectivity index (χ2n) is 4.52. The standard InChI is InChI=1S/C12H18ClN3O/c1-9-5-3-2-4-6-16(9)12-10(7-17)11(13)14-8-15-12/h8-9,17H,2-7H2,1H3. The number of aliphatic hydroxyl groups excluding tert-OH is 1. The molecule has 1 aliphatic heterocycles. The van der Waals surface area contributed by atoms with Crippen LogP contribution in [0.25, 0.3) is 0 Å². The SMILES string of the molecule is CC1CCCCCN1c1ncnc(Cl)c1CO. The van der Waals surface area contributed by atoms with E-state index in [0.717, 1.165) is 25.2 Å². The Hall–Kier alpha value is -0.870. The van der Waals surface area contributed by atoms with Gasteiger partial charge in [0, 0.05) is 12.6 Å². The van der Waals surface area contributed by atoms with E-state index in [4.69, 9.17) is 11.6 Å². The Morgan fingerprint density at radius 1 is 1.41 bits per heavy atom. The highest BCUT2D eigenvalue weighted by atomic mass is 35.5. The van der Waals surface area contributed by atoms with Crippen LogP contribution in [0.15, 0.2) is 6.33 Å². The number of aromatic nitrogens is 2. The van der Waals surface area contributed by atoms with Gasteiger partial charge >= 0.3 is 0 Å². The van der Waals surface area contributed by atoms with Gasteiger partial charge in [0.15, 0.2) is 0 Å². The lowest BCUT2D eigenvalue weighted by Gasteiger charge is -2.29. The predicted molar refractivity (Wildman–Crippen MR) is 68.2 cm³/mol. The fourth-order valence-electron chi connectivity index (χ4n) is 2.36. The molecule has 0 bridgehead atoms. The molecule has 1 fully saturated rings. The van der Waals surface area contributed by atoms with Gasteiger partial charge in [0.2, 0.25) is 0 Å². The summed E-state index contributed by atoms with van der Waals surface area (Å²) < 4.78 is 0. The second-order valence-corrected chi connectivity index (χ2v) is 4.87. The van der Waals surface area contributed by atoms with Crippen LogP contribution in [0.3, 0.4) is 0 Å². The topological polar surface area (TPSA) is 49.2 Å². The fourth-order valence-corrected chi connectivity index (χ4v) is 2.54. The van der Waals surface area contributed by atoms with E-state index < -0.39 is 0 Å². The molecule has 17 heavy (non-hydrogen) atoms. The average molecular weight is 256 g/mol. The van der Waals surface area contributed by atoms with E-state index >= 15 is 0 Å². The third kappa shape index (κ3) is 2.69. The molecule has 1 saturated heterocycles. The van der Waals surface area contributed by atoms with Crippen molar-refractivity contribution in [2.24, 2.45) is 0 Å². The molecule has 0 saturated carbocycles. The Kier molecular flexibility index (Phi) is 4.18. The summed E-state index contributed by atoms with van der Waals surface area (Å²) in [5.41, 5.74) is 0.642. The van der Waals surface area contributed by atoms with Crippen molar-refractivity contribution in [2.75, 3.05) is 11.4 Å². The highest BCUT2D eigenvalue weighted by molar-refractivity contribution is 6.30.